The number of hydrogen-bond donors (Lipinski definition) is 2. The van der Waals surface area contributed by atoms with Gasteiger partial charge in [-0.15, -0.1) is 0 Å². The highest BCUT2D eigenvalue weighted by Gasteiger charge is 2.49. The summed E-state index contributed by atoms with van der Waals surface area (Å²) in [4.78, 5) is 17.9. The van der Waals surface area contributed by atoms with E-state index in [1.807, 2.05) is 11.8 Å². The Labute approximate surface area is 257 Å². The maximum atomic E-state index is 16.7. The quantitative estimate of drug-likeness (QED) is 0.285. The molecule has 3 aliphatic heterocycles. The lowest BCUT2D eigenvalue weighted by molar-refractivity contribution is 0.107. The van der Waals surface area contributed by atoms with Crippen molar-refractivity contribution in [1.82, 2.24) is 19.9 Å². The first-order valence-electron chi connectivity index (χ1n) is 15.1. The molecule has 8 nitrogen and oxygen atoms in total. The minimum atomic E-state index is -0.922. The number of phenols is 1. The van der Waals surface area contributed by atoms with Crippen molar-refractivity contribution >= 4 is 39.3 Å². The van der Waals surface area contributed by atoms with E-state index >= 15 is 4.39 Å². The molecule has 4 aromatic rings. The first-order valence-corrected chi connectivity index (χ1v) is 16.1. The Bertz CT molecular complexity index is 1750. The number of aliphatic hydroxyl groups is 1. The van der Waals surface area contributed by atoms with Crippen LogP contribution >= 0.6 is 11.8 Å². The van der Waals surface area contributed by atoms with Crippen molar-refractivity contribution in [2.75, 3.05) is 50.0 Å². The predicted octanol–water partition coefficient (Wildman–Crippen LogP) is 5.26. The molecular weight excluding hydrogens is 591 g/mol. The fourth-order valence-electron chi connectivity index (χ4n) is 7.22. The third kappa shape index (κ3) is 5.00. The number of alkyl halides is 1. The number of aryl methyl sites for hydroxylation is 1. The average Bonchev–Trinajstić information content (AvgIpc) is 3.55. The van der Waals surface area contributed by atoms with E-state index < -0.39 is 23.3 Å². The molecule has 0 bridgehead atoms. The minimum Gasteiger partial charge on any atom is -0.508 e. The normalized spacial score (nSPS) is 24.0. The van der Waals surface area contributed by atoms with Crippen LogP contribution in [0.25, 0.3) is 32.9 Å². The van der Waals surface area contributed by atoms with Crippen LogP contribution in [0.15, 0.2) is 30.5 Å². The molecule has 12 heteroatoms. The molecule has 0 saturated carbocycles. The summed E-state index contributed by atoms with van der Waals surface area (Å²) in [7, 11) is 0. The van der Waals surface area contributed by atoms with Crippen molar-refractivity contribution in [2.45, 2.75) is 49.6 Å². The van der Waals surface area contributed by atoms with Crippen LogP contribution < -0.4 is 9.64 Å². The Morgan fingerprint density at radius 3 is 2.84 bits per heavy atom. The van der Waals surface area contributed by atoms with Crippen molar-refractivity contribution < 1.29 is 28.1 Å². The topological polar surface area (TPSA) is 94.8 Å². The van der Waals surface area contributed by atoms with Crippen molar-refractivity contribution in [3.8, 4) is 23.0 Å². The first kappa shape index (κ1) is 29.4. The van der Waals surface area contributed by atoms with Crippen LogP contribution in [0.1, 0.15) is 31.7 Å². The number of anilines is 1. The number of halogens is 3. The Morgan fingerprint density at radius 2 is 2.02 bits per heavy atom. The van der Waals surface area contributed by atoms with Crippen molar-refractivity contribution in [3.05, 3.63) is 47.7 Å². The number of hydrogen-bond acceptors (Lipinski definition) is 9. The zero-order valence-electron chi connectivity index (χ0n) is 24.4. The molecule has 3 aliphatic rings. The highest BCUT2D eigenvalue weighted by atomic mass is 32.2. The molecule has 3 fully saturated rings. The highest BCUT2D eigenvalue weighted by Crippen LogP contribution is 2.42. The van der Waals surface area contributed by atoms with Gasteiger partial charge in [0.2, 0.25) is 0 Å². The SMILES string of the molecule is CCc1c(F)ccc2cc(O)cc(-c3ncc4c(N5CCSC(CO)C5)nc(OC[C@@]56CCCN5C[C@H](F)C6)nc4c3F)c12. The molecule has 3 atom stereocenters. The molecule has 0 radical (unpaired) electrons. The van der Waals surface area contributed by atoms with Gasteiger partial charge >= 0.3 is 6.01 Å². The number of thioether (sulfide) groups is 1. The lowest BCUT2D eigenvalue weighted by Gasteiger charge is -2.33. The fourth-order valence-corrected chi connectivity index (χ4v) is 8.27. The van der Waals surface area contributed by atoms with Crippen LogP contribution in [0.4, 0.5) is 19.0 Å². The van der Waals surface area contributed by atoms with Gasteiger partial charge in [0.05, 0.1) is 17.5 Å². The number of aromatic hydroxyl groups is 1. The number of phenolic OH excluding ortho intramolecular Hbond substituents is 1. The van der Waals surface area contributed by atoms with Gasteiger partial charge in [-0.2, -0.15) is 21.7 Å². The Kier molecular flexibility index (Phi) is 7.70. The summed E-state index contributed by atoms with van der Waals surface area (Å²) in [6.45, 7) is 4.30. The number of aliphatic hydroxyl groups excluding tert-OH is 1. The number of fused-ring (bicyclic) bond motifs is 3. The van der Waals surface area contributed by atoms with E-state index in [-0.39, 0.29) is 47.0 Å². The number of ether oxygens (including phenoxy) is 1. The third-order valence-electron chi connectivity index (χ3n) is 9.28. The Hall–Kier alpha value is -3.35. The smallest absolute Gasteiger partial charge is 0.319 e. The molecule has 2 aromatic heterocycles. The minimum absolute atomic E-state index is 0.00600. The summed E-state index contributed by atoms with van der Waals surface area (Å²) in [5, 5.41) is 21.8. The molecule has 232 valence electrons. The molecule has 3 saturated heterocycles. The lowest BCUT2D eigenvalue weighted by atomic mass is 9.94. The summed E-state index contributed by atoms with van der Waals surface area (Å²) in [6.07, 6.45) is 3.07. The molecule has 0 amide bonds. The number of nitrogens with zero attached hydrogens (tertiary/aromatic N) is 5. The van der Waals surface area contributed by atoms with Crippen LogP contribution in [0.2, 0.25) is 0 Å². The third-order valence-corrected chi connectivity index (χ3v) is 10.5. The Morgan fingerprint density at radius 1 is 1.16 bits per heavy atom. The van der Waals surface area contributed by atoms with E-state index in [4.69, 9.17) is 9.72 Å². The maximum Gasteiger partial charge on any atom is 0.319 e. The molecule has 44 heavy (non-hydrogen) atoms. The van der Waals surface area contributed by atoms with E-state index in [9.17, 15) is 19.0 Å². The summed E-state index contributed by atoms with van der Waals surface area (Å²) in [5.41, 5.74) is 0.123. The first-order chi connectivity index (χ1) is 21.3. The summed E-state index contributed by atoms with van der Waals surface area (Å²) < 4.78 is 52.2. The van der Waals surface area contributed by atoms with Gasteiger partial charge in [0, 0.05) is 48.8 Å². The van der Waals surface area contributed by atoms with E-state index in [0.717, 1.165) is 25.1 Å². The average molecular weight is 626 g/mol. The summed E-state index contributed by atoms with van der Waals surface area (Å²) in [6, 6.07) is 5.79. The zero-order valence-corrected chi connectivity index (χ0v) is 25.2. The van der Waals surface area contributed by atoms with E-state index in [1.165, 1.54) is 24.4 Å². The number of benzene rings is 2. The summed E-state index contributed by atoms with van der Waals surface area (Å²) in [5.74, 6) is -0.0725. The number of pyridine rings is 1. The van der Waals surface area contributed by atoms with Crippen LogP contribution in [0, 0.1) is 11.6 Å². The van der Waals surface area contributed by atoms with Gasteiger partial charge in [-0.1, -0.05) is 13.0 Å². The largest absolute Gasteiger partial charge is 0.508 e. The van der Waals surface area contributed by atoms with Gasteiger partial charge in [-0.05, 0) is 60.3 Å². The number of rotatable bonds is 7. The van der Waals surface area contributed by atoms with E-state index in [2.05, 4.69) is 14.9 Å². The second kappa shape index (κ2) is 11.5. The van der Waals surface area contributed by atoms with Gasteiger partial charge in [-0.3, -0.25) is 9.88 Å². The second-order valence-electron chi connectivity index (χ2n) is 12.0. The maximum absolute atomic E-state index is 16.7. The highest BCUT2D eigenvalue weighted by molar-refractivity contribution is 8.00. The lowest BCUT2D eigenvalue weighted by Crippen LogP contribution is -2.43. The molecule has 2 aromatic carbocycles. The van der Waals surface area contributed by atoms with Crippen molar-refractivity contribution in [1.29, 1.82) is 0 Å². The second-order valence-corrected chi connectivity index (χ2v) is 13.4. The monoisotopic (exact) mass is 625 g/mol. The van der Waals surface area contributed by atoms with Crippen molar-refractivity contribution in [3.63, 3.8) is 0 Å². The number of aromatic nitrogens is 3. The summed E-state index contributed by atoms with van der Waals surface area (Å²) >= 11 is 1.67. The van der Waals surface area contributed by atoms with Crippen molar-refractivity contribution in [2.24, 2.45) is 0 Å². The molecule has 0 aliphatic carbocycles. The molecule has 5 heterocycles. The van der Waals surface area contributed by atoms with Crippen LogP contribution in [0.5, 0.6) is 11.8 Å². The molecule has 0 spiro atoms. The van der Waals surface area contributed by atoms with Gasteiger partial charge in [0.15, 0.2) is 5.82 Å². The van der Waals surface area contributed by atoms with E-state index in [0.29, 0.717) is 60.0 Å². The fraction of sp³-hybridized carbons (Fsp3) is 0.469. The van der Waals surface area contributed by atoms with E-state index in [1.54, 1.807) is 17.8 Å². The standard InChI is InChI=1S/C32H34F3N5O3S/c1-2-22-25(34)5-4-18-10-20(42)11-23(26(18)22)28-27(35)29-24(13-36-28)30(39-8-9-44-21(15-39)16-41)38-31(37-29)43-17-32-6-3-7-40(32)14-19(33)12-32/h4-5,10-11,13,19,21,41-42H,2-3,6-9,12,14-17H2,1H3/t19-,21?,32+/m1/s1. The molecule has 2 N–H and O–H groups in total. The molecular formula is C32H34F3N5O3S. The van der Waals surface area contributed by atoms with Gasteiger partial charge in [0.1, 0.15) is 41.4 Å². The zero-order chi connectivity index (χ0) is 30.6. The molecule has 1 unspecified atom stereocenters. The predicted molar refractivity (Wildman–Crippen MR) is 165 cm³/mol. The van der Waals surface area contributed by atoms with Crippen LogP contribution in [-0.4, -0.2) is 92.2 Å². The van der Waals surface area contributed by atoms with Gasteiger partial charge in [0.25, 0.3) is 0 Å². The van der Waals surface area contributed by atoms with Gasteiger partial charge in [-0.25, -0.2) is 13.2 Å². The van der Waals surface area contributed by atoms with Crippen LogP contribution in [0.3, 0.4) is 0 Å². The van der Waals surface area contributed by atoms with Gasteiger partial charge < -0.3 is 19.8 Å². The Balaban J connectivity index is 1.37. The molecule has 7 rings (SSSR count). The van der Waals surface area contributed by atoms with Crippen LogP contribution in [-0.2, 0) is 6.42 Å².